The molecule has 0 aliphatic heterocycles. The van der Waals surface area contributed by atoms with E-state index in [4.69, 9.17) is 0 Å². The summed E-state index contributed by atoms with van der Waals surface area (Å²) in [4.78, 5) is 0. The van der Waals surface area contributed by atoms with Crippen LogP contribution in [0.4, 0.5) is 4.39 Å². The molecular formula is C28H33F. The van der Waals surface area contributed by atoms with E-state index in [1.165, 1.54) is 47.9 Å². The van der Waals surface area contributed by atoms with Crippen LogP contribution in [-0.2, 0) is 12.8 Å². The maximum absolute atomic E-state index is 14.9. The first kappa shape index (κ1) is 19.9. The first-order valence-corrected chi connectivity index (χ1v) is 11.0. The van der Waals surface area contributed by atoms with Gasteiger partial charge in [-0.15, -0.1) is 0 Å². The number of rotatable bonds is 5. The van der Waals surface area contributed by atoms with Crippen LogP contribution < -0.4 is 0 Å². The van der Waals surface area contributed by atoms with Crippen molar-refractivity contribution in [1.29, 1.82) is 0 Å². The van der Waals surface area contributed by atoms with Gasteiger partial charge in [0.2, 0.25) is 0 Å². The molecule has 0 bridgehead atoms. The van der Waals surface area contributed by atoms with Crippen molar-refractivity contribution in [1.82, 2.24) is 0 Å². The highest BCUT2D eigenvalue weighted by Gasteiger charge is 2.20. The molecule has 0 unspecified atom stereocenters. The second-order valence-corrected chi connectivity index (χ2v) is 8.88. The van der Waals surface area contributed by atoms with Crippen molar-refractivity contribution >= 4 is 0 Å². The largest absolute Gasteiger partial charge is 0.206 e. The highest BCUT2D eigenvalue weighted by molar-refractivity contribution is 5.65. The fourth-order valence-electron chi connectivity index (χ4n) is 4.51. The third-order valence-corrected chi connectivity index (χ3v) is 6.57. The maximum atomic E-state index is 14.9. The molecule has 0 saturated heterocycles. The molecule has 0 heterocycles. The summed E-state index contributed by atoms with van der Waals surface area (Å²) >= 11 is 0. The quantitative estimate of drug-likeness (QED) is 0.414. The third kappa shape index (κ3) is 4.96. The molecule has 0 atom stereocenters. The summed E-state index contributed by atoms with van der Waals surface area (Å²) in [5.41, 5.74) is 6.80. The summed E-state index contributed by atoms with van der Waals surface area (Å²) in [6.45, 7) is 4.44. The SMILES string of the molecule is Cc1ccc(CCc2ccc(-c3ccc(C4CCC(C)CC4)cc3F)cc2)cc1.[HH]. The summed E-state index contributed by atoms with van der Waals surface area (Å²) in [6.07, 6.45) is 6.94. The van der Waals surface area contributed by atoms with E-state index in [1.807, 2.05) is 6.07 Å². The van der Waals surface area contributed by atoms with Crippen LogP contribution in [0.5, 0.6) is 0 Å². The Morgan fingerprint density at radius 3 is 1.97 bits per heavy atom. The smallest absolute Gasteiger partial charge is 0.131 e. The number of aryl methyl sites for hydroxylation is 3. The molecule has 0 N–H and O–H groups in total. The summed E-state index contributed by atoms with van der Waals surface area (Å²) in [5.74, 6) is 1.26. The van der Waals surface area contributed by atoms with Gasteiger partial charge in [-0.05, 0) is 72.8 Å². The van der Waals surface area contributed by atoms with Gasteiger partial charge in [0.15, 0.2) is 0 Å². The monoisotopic (exact) mass is 388 g/mol. The standard InChI is InChI=1S/C28H31F.H2/c1-20-3-7-22(8-4-20)9-10-23-11-15-25(16-12-23)27-18-17-26(19-28(27)29)24-13-5-21(2)6-14-24;/h3-4,7-8,11-12,15-19,21,24H,5-6,9-10,13-14H2,1-2H3;1H. The minimum absolute atomic E-state index is 0. The molecule has 0 nitrogen and oxygen atoms in total. The van der Waals surface area contributed by atoms with Gasteiger partial charge in [0.05, 0.1) is 0 Å². The van der Waals surface area contributed by atoms with E-state index >= 15 is 0 Å². The lowest BCUT2D eigenvalue weighted by molar-refractivity contribution is 0.347. The van der Waals surface area contributed by atoms with Crippen molar-refractivity contribution in [3.8, 4) is 11.1 Å². The molecule has 1 aliphatic carbocycles. The van der Waals surface area contributed by atoms with Crippen molar-refractivity contribution < 1.29 is 5.82 Å². The molecule has 1 heteroatoms. The van der Waals surface area contributed by atoms with Gasteiger partial charge in [-0.1, -0.05) is 86.0 Å². The Bertz CT molecular complexity index is 935. The van der Waals surface area contributed by atoms with Gasteiger partial charge in [-0.2, -0.15) is 0 Å². The molecule has 152 valence electrons. The molecule has 1 saturated carbocycles. The van der Waals surface area contributed by atoms with E-state index in [0.29, 0.717) is 11.5 Å². The van der Waals surface area contributed by atoms with Crippen molar-refractivity contribution in [2.45, 2.75) is 58.3 Å². The average molecular weight is 389 g/mol. The second kappa shape index (κ2) is 8.95. The molecule has 1 fully saturated rings. The summed E-state index contributed by atoms with van der Waals surface area (Å²) < 4.78 is 14.9. The van der Waals surface area contributed by atoms with E-state index in [9.17, 15) is 4.39 Å². The van der Waals surface area contributed by atoms with Gasteiger partial charge in [-0.25, -0.2) is 4.39 Å². The van der Waals surface area contributed by atoms with Gasteiger partial charge in [0, 0.05) is 6.99 Å². The molecule has 3 aromatic carbocycles. The van der Waals surface area contributed by atoms with Gasteiger partial charge in [0.25, 0.3) is 0 Å². The highest BCUT2D eigenvalue weighted by atomic mass is 19.1. The number of hydrogen-bond acceptors (Lipinski definition) is 0. The number of hydrogen-bond donors (Lipinski definition) is 0. The summed E-state index contributed by atoms with van der Waals surface area (Å²) in [7, 11) is 0. The van der Waals surface area contributed by atoms with Crippen LogP contribution >= 0.6 is 0 Å². The molecule has 29 heavy (non-hydrogen) atoms. The van der Waals surface area contributed by atoms with E-state index in [-0.39, 0.29) is 7.24 Å². The maximum Gasteiger partial charge on any atom is 0.131 e. The van der Waals surface area contributed by atoms with Crippen molar-refractivity contribution in [2.24, 2.45) is 5.92 Å². The predicted octanol–water partition coefficient (Wildman–Crippen LogP) is 8.13. The van der Waals surface area contributed by atoms with E-state index in [2.05, 4.69) is 68.4 Å². The fraction of sp³-hybridized carbons (Fsp3) is 0.357. The zero-order valence-corrected chi connectivity index (χ0v) is 17.6. The molecule has 0 spiro atoms. The van der Waals surface area contributed by atoms with E-state index < -0.39 is 0 Å². The Balaban J connectivity index is 0.00000256. The van der Waals surface area contributed by atoms with Gasteiger partial charge in [0.1, 0.15) is 5.82 Å². The first-order chi connectivity index (χ1) is 14.1. The minimum Gasteiger partial charge on any atom is -0.206 e. The lowest BCUT2D eigenvalue weighted by atomic mass is 9.79. The second-order valence-electron chi connectivity index (χ2n) is 8.88. The van der Waals surface area contributed by atoms with E-state index in [0.717, 1.165) is 24.3 Å². The number of halogens is 1. The summed E-state index contributed by atoms with van der Waals surface area (Å²) in [5, 5.41) is 0. The average Bonchev–Trinajstić information content (AvgIpc) is 2.74. The molecule has 3 aromatic rings. The first-order valence-electron chi connectivity index (χ1n) is 11.0. The van der Waals surface area contributed by atoms with Crippen LogP contribution in [0, 0.1) is 18.7 Å². The van der Waals surface area contributed by atoms with Gasteiger partial charge >= 0.3 is 0 Å². The Hall–Kier alpha value is -2.41. The molecular weight excluding hydrogens is 355 g/mol. The lowest BCUT2D eigenvalue weighted by Gasteiger charge is -2.26. The fourth-order valence-corrected chi connectivity index (χ4v) is 4.51. The van der Waals surface area contributed by atoms with Gasteiger partial charge < -0.3 is 0 Å². The highest BCUT2D eigenvalue weighted by Crippen LogP contribution is 2.37. The number of benzene rings is 3. The van der Waals surface area contributed by atoms with Crippen LogP contribution in [0.2, 0.25) is 0 Å². The molecule has 4 rings (SSSR count). The topological polar surface area (TPSA) is 0 Å². The van der Waals surface area contributed by atoms with E-state index in [1.54, 1.807) is 6.07 Å². The molecule has 0 radical (unpaired) electrons. The third-order valence-electron chi connectivity index (χ3n) is 6.57. The Labute approximate surface area is 176 Å². The zero-order chi connectivity index (χ0) is 20.2. The van der Waals surface area contributed by atoms with Crippen LogP contribution in [0.25, 0.3) is 11.1 Å². The normalized spacial score (nSPS) is 19.3. The zero-order valence-electron chi connectivity index (χ0n) is 17.6. The van der Waals surface area contributed by atoms with Crippen LogP contribution in [0.15, 0.2) is 66.7 Å². The predicted molar refractivity (Wildman–Crippen MR) is 123 cm³/mol. The van der Waals surface area contributed by atoms with Crippen molar-refractivity contribution in [3.05, 3.63) is 94.8 Å². The van der Waals surface area contributed by atoms with Crippen molar-refractivity contribution in [3.63, 3.8) is 0 Å². The molecule has 0 amide bonds. The lowest BCUT2D eigenvalue weighted by Crippen LogP contribution is -2.11. The van der Waals surface area contributed by atoms with Crippen LogP contribution in [0.3, 0.4) is 0 Å². The molecule has 0 aromatic heterocycles. The summed E-state index contributed by atoms with van der Waals surface area (Å²) in [6, 6.07) is 23.0. The van der Waals surface area contributed by atoms with Gasteiger partial charge in [-0.3, -0.25) is 0 Å². The Morgan fingerprint density at radius 1 is 0.793 bits per heavy atom. The molecule has 1 aliphatic rings. The van der Waals surface area contributed by atoms with Crippen LogP contribution in [0.1, 0.15) is 62.2 Å². The Morgan fingerprint density at radius 2 is 1.38 bits per heavy atom. The van der Waals surface area contributed by atoms with Crippen molar-refractivity contribution in [2.75, 3.05) is 0 Å². The Kier molecular flexibility index (Phi) is 6.13. The van der Waals surface area contributed by atoms with Crippen LogP contribution in [-0.4, -0.2) is 0 Å². The minimum atomic E-state index is -0.0893.